The minimum Gasteiger partial charge on any atom is -0.504 e. The minimum atomic E-state index is -0.763. The van der Waals surface area contributed by atoms with Gasteiger partial charge in [-0.25, -0.2) is 0 Å². The van der Waals surface area contributed by atoms with Crippen LogP contribution < -0.4 is 5.32 Å². The Kier molecular flexibility index (Phi) is 3.26. The second-order valence-corrected chi connectivity index (χ2v) is 8.47. The molecule has 2 bridgehead atoms. The number of nitrogens with one attached hydrogen (secondary N) is 1. The first-order valence-corrected chi connectivity index (χ1v) is 9.59. The lowest BCUT2D eigenvalue weighted by Crippen LogP contribution is -2.77. The predicted octanol–water partition coefficient (Wildman–Crippen LogP) is 1.72. The van der Waals surface area contributed by atoms with Gasteiger partial charge in [0.05, 0.1) is 11.0 Å². The van der Waals surface area contributed by atoms with Crippen LogP contribution in [0.25, 0.3) is 0 Å². The number of aliphatic hydroxyl groups excluding tert-OH is 1. The first-order valence-electron chi connectivity index (χ1n) is 9.59. The van der Waals surface area contributed by atoms with E-state index in [0.717, 1.165) is 44.5 Å². The van der Waals surface area contributed by atoms with E-state index in [1.165, 1.54) is 0 Å². The Labute approximate surface area is 149 Å². The number of rotatable bonds is 3. The summed E-state index contributed by atoms with van der Waals surface area (Å²) >= 11 is 0. The molecule has 3 N–H and O–H groups in total. The minimum absolute atomic E-state index is 0.0746. The molecule has 0 aromatic heterocycles. The maximum Gasteiger partial charge on any atom is 0.153 e. The van der Waals surface area contributed by atoms with Gasteiger partial charge in [0.25, 0.3) is 0 Å². The molecule has 4 fully saturated rings. The fourth-order valence-corrected chi connectivity index (χ4v) is 6.92. The number of allylic oxidation sites excluding steroid dienone is 3. The lowest BCUT2D eigenvalue weighted by atomic mass is 9.43. The molecule has 5 rings (SSSR count). The molecule has 2 heterocycles. The zero-order valence-corrected chi connectivity index (χ0v) is 14.8. The molecular weight excluding hydrogens is 316 g/mol. The normalized spacial score (nSPS) is 50.4. The maximum absolute atomic E-state index is 12.1. The van der Waals surface area contributed by atoms with Gasteiger partial charge < -0.3 is 20.3 Å². The van der Waals surface area contributed by atoms with Gasteiger partial charge >= 0.3 is 0 Å². The van der Waals surface area contributed by atoms with E-state index in [1.807, 2.05) is 13.1 Å². The van der Waals surface area contributed by atoms with Crippen molar-refractivity contribution >= 4 is 0 Å². The van der Waals surface area contributed by atoms with Gasteiger partial charge in [0.15, 0.2) is 5.76 Å². The molecule has 7 atom stereocenters. The fourth-order valence-electron chi connectivity index (χ4n) is 6.92. The molecule has 0 aromatic rings. The molecule has 0 amide bonds. The summed E-state index contributed by atoms with van der Waals surface area (Å²) < 4.78 is 6.42. The van der Waals surface area contributed by atoms with Crippen LogP contribution in [-0.2, 0) is 4.74 Å². The molecule has 0 aromatic carbocycles. The number of hydrogen-bond donors (Lipinski definition) is 3. The van der Waals surface area contributed by atoms with E-state index in [2.05, 4.69) is 22.9 Å². The van der Waals surface area contributed by atoms with E-state index in [1.54, 1.807) is 6.08 Å². The van der Waals surface area contributed by atoms with Crippen LogP contribution in [0.3, 0.4) is 0 Å². The fraction of sp³-hybridized carbons (Fsp3) is 0.700. The van der Waals surface area contributed by atoms with Gasteiger partial charge in [-0.1, -0.05) is 12.2 Å². The summed E-state index contributed by atoms with van der Waals surface area (Å²) in [6.07, 6.45) is 9.33. The SMILES string of the molecule is C=CCN1CC[C@@]23C4C5=C(O)C=CC4C[C@@H]1[C@]2(O)CCC(NC)[C@@H]3O5. The Morgan fingerprint density at radius 2 is 2.32 bits per heavy atom. The molecule has 0 radical (unpaired) electrons. The van der Waals surface area contributed by atoms with Gasteiger partial charge in [-0.05, 0) is 51.3 Å². The smallest absolute Gasteiger partial charge is 0.153 e. The predicted molar refractivity (Wildman–Crippen MR) is 94.9 cm³/mol. The van der Waals surface area contributed by atoms with Crippen LogP contribution in [0, 0.1) is 17.3 Å². The zero-order chi connectivity index (χ0) is 17.4. The highest BCUT2D eigenvalue weighted by Crippen LogP contribution is 2.69. The molecular formula is C20H28N2O3. The number of aliphatic hydroxyl groups is 2. The molecule has 2 aliphatic heterocycles. The van der Waals surface area contributed by atoms with Crippen molar-refractivity contribution in [3.05, 3.63) is 36.3 Å². The van der Waals surface area contributed by atoms with E-state index in [9.17, 15) is 10.2 Å². The van der Waals surface area contributed by atoms with Crippen LogP contribution >= 0.6 is 0 Å². The van der Waals surface area contributed by atoms with Crippen molar-refractivity contribution in [2.45, 2.75) is 49.5 Å². The molecule has 2 saturated carbocycles. The first kappa shape index (κ1) is 15.9. The Balaban J connectivity index is 1.69. The lowest BCUT2D eigenvalue weighted by molar-refractivity contribution is -0.253. The molecule has 25 heavy (non-hydrogen) atoms. The summed E-state index contributed by atoms with van der Waals surface area (Å²) in [7, 11) is 1.98. The molecule has 2 saturated heterocycles. The monoisotopic (exact) mass is 344 g/mol. The third-order valence-electron chi connectivity index (χ3n) is 7.82. The zero-order valence-electron chi connectivity index (χ0n) is 14.8. The van der Waals surface area contributed by atoms with E-state index >= 15 is 0 Å². The van der Waals surface area contributed by atoms with Crippen LogP contribution in [0.5, 0.6) is 0 Å². The largest absolute Gasteiger partial charge is 0.504 e. The Bertz CT molecular complexity index is 674. The number of nitrogens with zero attached hydrogens (tertiary/aromatic N) is 1. The molecule has 3 unspecified atom stereocenters. The van der Waals surface area contributed by atoms with Crippen LogP contribution in [0.2, 0.25) is 0 Å². The third kappa shape index (κ3) is 1.70. The summed E-state index contributed by atoms with van der Waals surface area (Å²) in [6, 6.07) is 0.352. The second-order valence-electron chi connectivity index (χ2n) is 8.47. The highest BCUT2D eigenvalue weighted by Gasteiger charge is 2.76. The summed E-state index contributed by atoms with van der Waals surface area (Å²) in [5.74, 6) is 1.41. The molecule has 3 aliphatic carbocycles. The van der Waals surface area contributed by atoms with Gasteiger partial charge in [0.2, 0.25) is 0 Å². The molecule has 5 nitrogen and oxygen atoms in total. The van der Waals surface area contributed by atoms with Crippen molar-refractivity contribution in [1.82, 2.24) is 10.2 Å². The molecule has 1 spiro atoms. The topological polar surface area (TPSA) is 65.0 Å². The molecule has 5 heteroatoms. The number of likely N-dealkylation sites (N-methyl/N-ethyl adjacent to an activating group) is 1. The van der Waals surface area contributed by atoms with Crippen LogP contribution in [0.4, 0.5) is 0 Å². The van der Waals surface area contributed by atoms with Crippen molar-refractivity contribution < 1.29 is 14.9 Å². The Morgan fingerprint density at radius 3 is 3.08 bits per heavy atom. The van der Waals surface area contributed by atoms with E-state index in [-0.39, 0.29) is 35.3 Å². The van der Waals surface area contributed by atoms with Crippen molar-refractivity contribution in [3.63, 3.8) is 0 Å². The van der Waals surface area contributed by atoms with Crippen LogP contribution in [0.1, 0.15) is 25.7 Å². The number of piperidine rings is 1. The lowest BCUT2D eigenvalue weighted by Gasteiger charge is -2.67. The molecule has 136 valence electrons. The van der Waals surface area contributed by atoms with E-state index in [0.29, 0.717) is 5.92 Å². The summed E-state index contributed by atoms with van der Waals surface area (Å²) in [5, 5.41) is 26.0. The number of likely N-dealkylation sites (tertiary alicyclic amines) is 1. The van der Waals surface area contributed by atoms with Gasteiger partial charge in [-0.2, -0.15) is 0 Å². The third-order valence-corrected chi connectivity index (χ3v) is 7.82. The summed E-state index contributed by atoms with van der Waals surface area (Å²) in [6.45, 7) is 5.69. The highest BCUT2D eigenvalue weighted by molar-refractivity contribution is 5.38. The van der Waals surface area contributed by atoms with Gasteiger partial charge in [0.1, 0.15) is 11.9 Å². The van der Waals surface area contributed by atoms with Gasteiger partial charge in [0, 0.05) is 24.5 Å². The highest BCUT2D eigenvalue weighted by atomic mass is 16.5. The van der Waals surface area contributed by atoms with Gasteiger partial charge in [-0.15, -0.1) is 6.58 Å². The van der Waals surface area contributed by atoms with Crippen molar-refractivity contribution in [2.24, 2.45) is 17.3 Å². The number of hydrogen-bond acceptors (Lipinski definition) is 5. The average Bonchev–Trinajstić information content (AvgIpc) is 2.95. The first-order chi connectivity index (χ1) is 12.1. The van der Waals surface area contributed by atoms with E-state index in [4.69, 9.17) is 4.74 Å². The van der Waals surface area contributed by atoms with Crippen molar-refractivity contribution in [2.75, 3.05) is 20.1 Å². The quantitative estimate of drug-likeness (QED) is 0.681. The van der Waals surface area contributed by atoms with E-state index < -0.39 is 5.60 Å². The second kappa shape index (κ2) is 5.12. The van der Waals surface area contributed by atoms with Crippen molar-refractivity contribution in [3.8, 4) is 0 Å². The Morgan fingerprint density at radius 1 is 1.48 bits per heavy atom. The molecule has 5 aliphatic rings. The van der Waals surface area contributed by atoms with Crippen molar-refractivity contribution in [1.29, 1.82) is 0 Å². The average molecular weight is 344 g/mol. The van der Waals surface area contributed by atoms with Crippen LogP contribution in [0.15, 0.2) is 36.3 Å². The van der Waals surface area contributed by atoms with Gasteiger partial charge in [-0.3, -0.25) is 4.90 Å². The Hall–Kier alpha value is -1.30. The maximum atomic E-state index is 12.1. The van der Waals surface area contributed by atoms with Crippen LogP contribution in [-0.4, -0.2) is 59.0 Å². The standard InChI is InChI=1S/C20H28N2O3/c1-3-9-22-10-8-19-16-12-4-5-14(23)17(16)25-18(19)13(21-2)6-7-20(19,24)15(22)11-12/h3-5,12-13,15-16,18,21,23-24H,1,6-11H2,2H3/t12?,13?,15-,16?,18+,19+,20-/m1/s1. The summed E-state index contributed by atoms with van der Waals surface area (Å²) in [4.78, 5) is 2.41. The summed E-state index contributed by atoms with van der Waals surface area (Å²) in [5.41, 5.74) is -1.07. The number of ether oxygens (including phenoxy) is 1.